The van der Waals surface area contributed by atoms with E-state index in [2.05, 4.69) is 6.07 Å². The Bertz CT molecular complexity index is 259. The molecule has 0 aliphatic rings. The van der Waals surface area contributed by atoms with Crippen LogP contribution in [-0.2, 0) is 4.79 Å². The molecule has 0 N–H and O–H groups in total. The molecule has 0 atom stereocenters. The van der Waals surface area contributed by atoms with E-state index in [1.807, 2.05) is 31.2 Å². The van der Waals surface area contributed by atoms with Crippen molar-refractivity contribution in [1.82, 2.24) is 0 Å². The zero-order valence-electron chi connectivity index (χ0n) is 6.37. The summed E-state index contributed by atoms with van der Waals surface area (Å²) in [6.07, 6.45) is 2.35. The summed E-state index contributed by atoms with van der Waals surface area (Å²) in [5.74, 6) is 0. The molecule has 0 bridgehead atoms. The molecule has 0 spiro atoms. The molecule has 0 fully saturated rings. The third-order valence-electron chi connectivity index (χ3n) is 1.49. The molecule has 1 nitrogen and oxygen atoms in total. The first kappa shape index (κ1) is 7.73. The maximum absolute atomic E-state index is 10.1. The maximum Gasteiger partial charge on any atom is 0.143 e. The zero-order valence-corrected chi connectivity index (χ0v) is 6.37. The van der Waals surface area contributed by atoms with Crippen molar-refractivity contribution in [2.45, 2.75) is 6.92 Å². The van der Waals surface area contributed by atoms with Gasteiger partial charge in [0, 0.05) is 0 Å². The fourth-order valence-electron chi connectivity index (χ4n) is 0.848. The smallest absolute Gasteiger partial charge is 0.143 e. The molecule has 0 aliphatic heterocycles. The van der Waals surface area contributed by atoms with Crippen LogP contribution in [0.3, 0.4) is 0 Å². The van der Waals surface area contributed by atoms with Gasteiger partial charge in [0.15, 0.2) is 0 Å². The number of carbonyl (C=O) groups is 1. The van der Waals surface area contributed by atoms with Crippen LogP contribution < -0.4 is 0 Å². The second kappa shape index (κ2) is 3.71. The quantitative estimate of drug-likeness (QED) is 0.460. The van der Waals surface area contributed by atoms with E-state index in [-0.39, 0.29) is 0 Å². The Morgan fingerprint density at radius 2 is 2.09 bits per heavy atom. The van der Waals surface area contributed by atoms with E-state index in [0.717, 1.165) is 17.4 Å². The van der Waals surface area contributed by atoms with Gasteiger partial charge in [0.05, 0.1) is 0 Å². The number of allylic oxidation sites excluding steroid dienone is 2. The lowest BCUT2D eigenvalue weighted by Crippen LogP contribution is -1.77. The fourth-order valence-corrected chi connectivity index (χ4v) is 0.848. The third kappa shape index (κ3) is 2.04. The van der Waals surface area contributed by atoms with Crippen LogP contribution in [0.25, 0.3) is 5.57 Å². The number of rotatable bonds is 2. The molecule has 1 rings (SSSR count). The molecule has 0 saturated heterocycles. The Kier molecular flexibility index (Phi) is 2.61. The lowest BCUT2D eigenvalue weighted by atomic mass is 10.1. The van der Waals surface area contributed by atoms with Gasteiger partial charge in [-0.2, -0.15) is 0 Å². The van der Waals surface area contributed by atoms with Gasteiger partial charge in [0.2, 0.25) is 0 Å². The fraction of sp³-hybridized carbons (Fsp3) is 0.100. The van der Waals surface area contributed by atoms with Crippen LogP contribution in [0.15, 0.2) is 30.3 Å². The summed E-state index contributed by atoms with van der Waals surface area (Å²) in [7, 11) is 0. The largest absolute Gasteiger partial charge is 0.299 e. The molecule has 0 amide bonds. The highest BCUT2D eigenvalue weighted by Crippen LogP contribution is 2.10. The van der Waals surface area contributed by atoms with E-state index in [9.17, 15) is 4.79 Å². The minimum absolute atomic E-state index is 0.798. The standard InChI is InChI=1S/C10H9O/c1-9(7-8-11)10-5-3-2-4-6-10/h3-8H,1H3. The lowest BCUT2D eigenvalue weighted by Gasteiger charge is -1.96. The van der Waals surface area contributed by atoms with Crippen molar-refractivity contribution in [3.63, 3.8) is 0 Å². The summed E-state index contributed by atoms with van der Waals surface area (Å²) in [4.78, 5) is 10.1. The molecule has 0 aromatic heterocycles. The summed E-state index contributed by atoms with van der Waals surface area (Å²) in [6.45, 7) is 1.91. The summed E-state index contributed by atoms with van der Waals surface area (Å²) in [6, 6.07) is 10.4. The van der Waals surface area contributed by atoms with Crippen molar-refractivity contribution in [1.29, 1.82) is 0 Å². The van der Waals surface area contributed by atoms with Gasteiger partial charge in [-0.05, 0) is 30.2 Å². The van der Waals surface area contributed by atoms with E-state index < -0.39 is 0 Å². The van der Waals surface area contributed by atoms with E-state index in [4.69, 9.17) is 0 Å². The molecule has 1 aromatic carbocycles. The minimum atomic E-state index is 0.798. The number of aldehydes is 1. The zero-order chi connectivity index (χ0) is 8.10. The summed E-state index contributed by atoms with van der Waals surface area (Å²) in [5.41, 5.74) is 2.05. The van der Waals surface area contributed by atoms with Crippen molar-refractivity contribution in [3.05, 3.63) is 42.0 Å². The Morgan fingerprint density at radius 1 is 1.45 bits per heavy atom. The van der Waals surface area contributed by atoms with Crippen LogP contribution >= 0.6 is 0 Å². The molecule has 0 aliphatic carbocycles. The van der Waals surface area contributed by atoms with Crippen LogP contribution in [0.4, 0.5) is 0 Å². The Hall–Kier alpha value is -1.37. The molecule has 1 radical (unpaired) electrons. The maximum atomic E-state index is 10.1. The molecule has 1 heteroatoms. The number of benzene rings is 1. The van der Waals surface area contributed by atoms with Crippen molar-refractivity contribution in [3.8, 4) is 0 Å². The van der Waals surface area contributed by atoms with E-state index >= 15 is 0 Å². The minimum Gasteiger partial charge on any atom is -0.299 e. The molecule has 0 heterocycles. The monoisotopic (exact) mass is 145 g/mol. The van der Waals surface area contributed by atoms with Crippen LogP contribution in [-0.4, -0.2) is 6.29 Å². The molecule has 0 saturated carbocycles. The van der Waals surface area contributed by atoms with E-state index in [0.29, 0.717) is 0 Å². The molecular weight excluding hydrogens is 136 g/mol. The van der Waals surface area contributed by atoms with Crippen LogP contribution in [0.5, 0.6) is 0 Å². The van der Waals surface area contributed by atoms with Gasteiger partial charge in [0.1, 0.15) is 6.29 Å². The summed E-state index contributed by atoms with van der Waals surface area (Å²) < 4.78 is 0. The highest BCUT2D eigenvalue weighted by atomic mass is 16.1. The number of hydrogen-bond donors (Lipinski definition) is 0. The van der Waals surface area contributed by atoms with Gasteiger partial charge in [-0.3, -0.25) is 4.79 Å². The van der Waals surface area contributed by atoms with Gasteiger partial charge in [0.25, 0.3) is 0 Å². The topological polar surface area (TPSA) is 17.1 Å². The second-order valence-electron chi connectivity index (χ2n) is 2.27. The van der Waals surface area contributed by atoms with Gasteiger partial charge < -0.3 is 0 Å². The van der Waals surface area contributed by atoms with Crippen LogP contribution in [0, 0.1) is 6.07 Å². The van der Waals surface area contributed by atoms with Gasteiger partial charge in [-0.1, -0.05) is 24.3 Å². The van der Waals surface area contributed by atoms with E-state index in [1.165, 1.54) is 0 Å². The average Bonchev–Trinajstić information content (AvgIpc) is 2.07. The van der Waals surface area contributed by atoms with Crippen molar-refractivity contribution in [2.24, 2.45) is 0 Å². The Morgan fingerprint density at radius 3 is 2.64 bits per heavy atom. The first-order valence-electron chi connectivity index (χ1n) is 3.43. The molecule has 1 aromatic rings. The third-order valence-corrected chi connectivity index (χ3v) is 1.49. The van der Waals surface area contributed by atoms with Crippen molar-refractivity contribution < 1.29 is 4.79 Å². The number of carbonyl (C=O) groups excluding carboxylic acids is 1. The van der Waals surface area contributed by atoms with E-state index in [1.54, 1.807) is 6.08 Å². The molecule has 11 heavy (non-hydrogen) atoms. The molecule has 0 unspecified atom stereocenters. The van der Waals surface area contributed by atoms with Gasteiger partial charge in [-0.25, -0.2) is 0 Å². The second-order valence-corrected chi connectivity index (χ2v) is 2.27. The Balaban J connectivity index is 2.94. The van der Waals surface area contributed by atoms with Crippen LogP contribution in [0.1, 0.15) is 12.5 Å². The average molecular weight is 145 g/mol. The SMILES string of the molecule is CC(=CC=O)c1cc[c]cc1. The van der Waals surface area contributed by atoms with Crippen LogP contribution in [0.2, 0.25) is 0 Å². The first-order chi connectivity index (χ1) is 5.34. The predicted octanol–water partition coefficient (Wildman–Crippen LogP) is 2.09. The Labute approximate surface area is 66.4 Å². The molecule has 55 valence electrons. The normalized spacial score (nSPS) is 11.2. The van der Waals surface area contributed by atoms with Gasteiger partial charge >= 0.3 is 0 Å². The first-order valence-corrected chi connectivity index (χ1v) is 3.43. The lowest BCUT2D eigenvalue weighted by molar-refractivity contribution is -0.104. The highest BCUT2D eigenvalue weighted by molar-refractivity contribution is 5.80. The summed E-state index contributed by atoms with van der Waals surface area (Å²) in [5, 5.41) is 0. The van der Waals surface area contributed by atoms with Crippen molar-refractivity contribution in [2.75, 3.05) is 0 Å². The molecular formula is C10H9O. The van der Waals surface area contributed by atoms with Gasteiger partial charge in [-0.15, -0.1) is 0 Å². The number of hydrogen-bond acceptors (Lipinski definition) is 1. The highest BCUT2D eigenvalue weighted by Gasteiger charge is 1.90. The summed E-state index contributed by atoms with van der Waals surface area (Å²) >= 11 is 0. The van der Waals surface area contributed by atoms with Crippen molar-refractivity contribution >= 4 is 11.9 Å². The predicted molar refractivity (Wildman–Crippen MR) is 45.0 cm³/mol.